The zero-order chi connectivity index (χ0) is 21.8. The number of amides is 3. The molecule has 0 saturated heterocycles. The third-order valence-corrected chi connectivity index (χ3v) is 5.74. The molecule has 1 saturated carbocycles. The highest BCUT2D eigenvalue weighted by atomic mass is 35.5. The number of urea groups is 1. The summed E-state index contributed by atoms with van der Waals surface area (Å²) in [6, 6.07) is 13.8. The molecule has 0 spiro atoms. The smallest absolute Gasteiger partial charge is 0.319 e. The van der Waals surface area contributed by atoms with E-state index in [0.29, 0.717) is 11.4 Å². The van der Waals surface area contributed by atoms with Crippen LogP contribution in [-0.4, -0.2) is 11.9 Å². The van der Waals surface area contributed by atoms with Gasteiger partial charge in [-0.1, -0.05) is 36.6 Å². The molecular formula is C23H21ClFN3O3. The summed E-state index contributed by atoms with van der Waals surface area (Å²) in [6.07, 6.45) is 4.93. The van der Waals surface area contributed by atoms with Crippen molar-refractivity contribution < 1.29 is 18.4 Å². The van der Waals surface area contributed by atoms with Crippen LogP contribution in [0.4, 0.5) is 20.6 Å². The summed E-state index contributed by atoms with van der Waals surface area (Å²) in [5, 5.41) is 8.78. The van der Waals surface area contributed by atoms with Gasteiger partial charge in [0.1, 0.15) is 5.82 Å². The molecule has 3 N–H and O–H groups in total. The van der Waals surface area contributed by atoms with E-state index in [0.717, 1.165) is 31.2 Å². The summed E-state index contributed by atoms with van der Waals surface area (Å²) in [5.74, 6) is -0.566. The Hall–Kier alpha value is -3.32. The minimum atomic E-state index is -0.529. The highest BCUT2D eigenvalue weighted by molar-refractivity contribution is 6.34. The summed E-state index contributed by atoms with van der Waals surface area (Å²) in [7, 11) is 0. The van der Waals surface area contributed by atoms with Crippen LogP contribution in [0.1, 0.15) is 41.8 Å². The van der Waals surface area contributed by atoms with Gasteiger partial charge in [-0.25, -0.2) is 9.18 Å². The molecule has 0 unspecified atom stereocenters. The molecule has 4 rings (SSSR count). The number of furan rings is 1. The lowest BCUT2D eigenvalue weighted by atomic mass is 9.88. The minimum Gasteiger partial charge on any atom is -0.459 e. The predicted molar refractivity (Wildman–Crippen MR) is 117 cm³/mol. The maximum Gasteiger partial charge on any atom is 0.319 e. The number of hydrogen-bond donors (Lipinski definition) is 3. The third-order valence-electron chi connectivity index (χ3n) is 5.43. The first-order valence-corrected chi connectivity index (χ1v) is 10.3. The van der Waals surface area contributed by atoms with E-state index in [-0.39, 0.29) is 22.6 Å². The summed E-state index contributed by atoms with van der Waals surface area (Å²) < 4.78 is 18.4. The van der Waals surface area contributed by atoms with Gasteiger partial charge >= 0.3 is 6.03 Å². The first kappa shape index (κ1) is 20.9. The zero-order valence-electron chi connectivity index (χ0n) is 16.6. The monoisotopic (exact) mass is 441 g/mol. The number of anilines is 2. The van der Waals surface area contributed by atoms with Crippen LogP contribution in [0.5, 0.6) is 0 Å². The van der Waals surface area contributed by atoms with Crippen LogP contribution in [0, 0.1) is 5.82 Å². The Morgan fingerprint density at radius 1 is 1.00 bits per heavy atom. The molecule has 1 aliphatic carbocycles. The van der Waals surface area contributed by atoms with Gasteiger partial charge in [-0.15, -0.1) is 0 Å². The fraction of sp³-hybridized carbons (Fsp3) is 0.217. The average Bonchev–Trinajstić information content (AvgIpc) is 3.43. The van der Waals surface area contributed by atoms with Crippen molar-refractivity contribution in [2.75, 3.05) is 10.6 Å². The van der Waals surface area contributed by atoms with E-state index in [1.54, 1.807) is 42.5 Å². The minimum absolute atomic E-state index is 0.167. The van der Waals surface area contributed by atoms with E-state index in [2.05, 4.69) is 16.0 Å². The topological polar surface area (TPSA) is 83.4 Å². The quantitative estimate of drug-likeness (QED) is 0.459. The molecule has 0 aliphatic heterocycles. The number of rotatable bonds is 5. The van der Waals surface area contributed by atoms with Crippen LogP contribution < -0.4 is 16.0 Å². The number of benzene rings is 2. The Bertz CT molecular complexity index is 1080. The van der Waals surface area contributed by atoms with Gasteiger partial charge in [0.2, 0.25) is 0 Å². The lowest BCUT2D eigenvalue weighted by molar-refractivity contribution is 0.0996. The molecule has 2 aromatic carbocycles. The van der Waals surface area contributed by atoms with E-state index in [4.69, 9.17) is 16.0 Å². The molecule has 6 nitrogen and oxygen atoms in total. The lowest BCUT2D eigenvalue weighted by Crippen LogP contribution is -2.45. The van der Waals surface area contributed by atoms with Crippen molar-refractivity contribution in [3.8, 4) is 0 Å². The molecular weight excluding hydrogens is 421 g/mol. The van der Waals surface area contributed by atoms with Crippen molar-refractivity contribution >= 4 is 34.9 Å². The number of carbonyl (C=O) groups excluding carboxylic acids is 2. The highest BCUT2D eigenvalue weighted by Crippen LogP contribution is 2.39. The van der Waals surface area contributed by atoms with Crippen LogP contribution in [0.2, 0.25) is 5.02 Å². The van der Waals surface area contributed by atoms with Gasteiger partial charge in [-0.2, -0.15) is 0 Å². The Balaban J connectivity index is 1.43. The molecule has 3 aromatic rings. The van der Waals surface area contributed by atoms with Crippen molar-refractivity contribution in [2.45, 2.75) is 31.2 Å². The molecule has 160 valence electrons. The Morgan fingerprint density at radius 2 is 1.74 bits per heavy atom. The highest BCUT2D eigenvalue weighted by Gasteiger charge is 2.37. The van der Waals surface area contributed by atoms with Gasteiger partial charge in [0, 0.05) is 5.69 Å². The molecule has 1 aromatic heterocycles. The third kappa shape index (κ3) is 4.72. The summed E-state index contributed by atoms with van der Waals surface area (Å²) in [4.78, 5) is 24.8. The second-order valence-corrected chi connectivity index (χ2v) is 7.91. The van der Waals surface area contributed by atoms with E-state index in [1.807, 2.05) is 0 Å². The molecule has 0 radical (unpaired) electrons. The van der Waals surface area contributed by atoms with Gasteiger partial charge in [-0.05, 0) is 60.9 Å². The van der Waals surface area contributed by atoms with Gasteiger partial charge in [0.15, 0.2) is 5.76 Å². The Kier molecular flexibility index (Phi) is 5.95. The molecule has 3 amide bonds. The zero-order valence-corrected chi connectivity index (χ0v) is 17.3. The van der Waals surface area contributed by atoms with E-state index in [9.17, 15) is 14.0 Å². The summed E-state index contributed by atoms with van der Waals surface area (Å²) >= 11 is 6.27. The first-order chi connectivity index (χ1) is 14.9. The largest absolute Gasteiger partial charge is 0.459 e. The summed E-state index contributed by atoms with van der Waals surface area (Å²) in [5.41, 5.74) is 1.23. The summed E-state index contributed by atoms with van der Waals surface area (Å²) in [6.45, 7) is 0. The number of hydrogen-bond acceptors (Lipinski definition) is 3. The predicted octanol–water partition coefficient (Wildman–Crippen LogP) is 5.92. The average molecular weight is 442 g/mol. The van der Waals surface area contributed by atoms with Crippen molar-refractivity contribution in [3.63, 3.8) is 0 Å². The first-order valence-electron chi connectivity index (χ1n) is 9.95. The SMILES string of the molecule is O=C(Nc1ccc(NC(=O)c2ccco2)c(Cl)c1)NC1(c2ccc(F)cc2)CCCC1. The van der Waals surface area contributed by atoms with E-state index < -0.39 is 11.4 Å². The van der Waals surface area contributed by atoms with Gasteiger partial charge < -0.3 is 20.4 Å². The molecule has 31 heavy (non-hydrogen) atoms. The van der Waals surface area contributed by atoms with Crippen LogP contribution in [-0.2, 0) is 5.54 Å². The van der Waals surface area contributed by atoms with Crippen LogP contribution >= 0.6 is 11.6 Å². The molecule has 1 heterocycles. The van der Waals surface area contributed by atoms with Crippen LogP contribution in [0.3, 0.4) is 0 Å². The molecule has 1 fully saturated rings. The van der Waals surface area contributed by atoms with E-state index >= 15 is 0 Å². The Labute approximate surface area is 183 Å². The number of halogens is 2. The van der Waals surface area contributed by atoms with Gasteiger partial charge in [0.05, 0.1) is 22.5 Å². The standard InChI is InChI=1S/C23H21ClFN3O3/c24-18-14-17(9-10-19(18)27-21(29)20-4-3-13-31-20)26-22(30)28-23(11-1-2-12-23)15-5-7-16(25)8-6-15/h3-10,13-14H,1-2,11-12H2,(H,27,29)(H2,26,28,30). The Morgan fingerprint density at radius 3 is 2.39 bits per heavy atom. The van der Waals surface area contributed by atoms with E-state index in [1.165, 1.54) is 18.4 Å². The van der Waals surface area contributed by atoms with Gasteiger partial charge in [0.25, 0.3) is 5.91 Å². The van der Waals surface area contributed by atoms with Gasteiger partial charge in [-0.3, -0.25) is 4.79 Å². The fourth-order valence-electron chi connectivity index (χ4n) is 3.90. The fourth-order valence-corrected chi connectivity index (χ4v) is 4.13. The maximum absolute atomic E-state index is 13.3. The molecule has 8 heteroatoms. The number of nitrogens with one attached hydrogen (secondary N) is 3. The van der Waals surface area contributed by atoms with Crippen molar-refractivity contribution in [2.24, 2.45) is 0 Å². The number of carbonyl (C=O) groups is 2. The maximum atomic E-state index is 13.3. The van der Waals surface area contributed by atoms with Crippen LogP contribution in [0.25, 0.3) is 0 Å². The second-order valence-electron chi connectivity index (χ2n) is 7.50. The normalized spacial score (nSPS) is 14.8. The van der Waals surface area contributed by atoms with Crippen LogP contribution in [0.15, 0.2) is 65.3 Å². The van der Waals surface area contributed by atoms with Crippen molar-refractivity contribution in [3.05, 3.63) is 83.0 Å². The van der Waals surface area contributed by atoms with Crippen molar-refractivity contribution in [1.29, 1.82) is 0 Å². The van der Waals surface area contributed by atoms with Crippen molar-refractivity contribution in [1.82, 2.24) is 5.32 Å². The molecule has 0 bridgehead atoms. The molecule has 0 atom stereocenters. The lowest BCUT2D eigenvalue weighted by Gasteiger charge is -2.31. The second kappa shape index (κ2) is 8.81. The molecule has 1 aliphatic rings.